The third kappa shape index (κ3) is 3.45. The van der Waals surface area contributed by atoms with Gasteiger partial charge < -0.3 is 14.4 Å². The van der Waals surface area contributed by atoms with Gasteiger partial charge in [0, 0.05) is 19.5 Å². The van der Waals surface area contributed by atoms with Crippen LogP contribution < -0.4 is 4.74 Å². The number of ether oxygens (including phenoxy) is 2. The summed E-state index contributed by atoms with van der Waals surface area (Å²) in [5.74, 6) is -0.290. The van der Waals surface area contributed by atoms with Crippen molar-refractivity contribution in [2.75, 3.05) is 34.4 Å². The number of hydroxylamine groups is 2. The first-order valence-electron chi connectivity index (χ1n) is 11.3. The molecule has 3 aliphatic rings. The minimum atomic E-state index is -0.765. The number of esters is 1. The second kappa shape index (κ2) is 8.73. The molecule has 2 saturated heterocycles. The molecule has 1 unspecified atom stereocenters. The van der Waals surface area contributed by atoms with Gasteiger partial charge in [-0.05, 0) is 43.4 Å². The van der Waals surface area contributed by atoms with Gasteiger partial charge in [-0.25, -0.2) is 5.06 Å². The number of hydrogen-bond acceptors (Lipinski definition) is 6. The van der Waals surface area contributed by atoms with Crippen molar-refractivity contribution in [2.45, 2.75) is 55.9 Å². The molecule has 1 saturated carbocycles. The Hall–Kier alpha value is -2.61. The Morgan fingerprint density at radius 1 is 0.969 bits per heavy atom. The molecule has 174 valence electrons. The van der Waals surface area contributed by atoms with Crippen molar-refractivity contribution in [2.24, 2.45) is 5.92 Å². The third-order valence-electron chi connectivity index (χ3n) is 7.75. The molecule has 4 rings (SSSR count). The summed E-state index contributed by atoms with van der Waals surface area (Å²) in [6, 6.07) is 7.83. The smallest absolute Gasteiger partial charge is 0.311 e. The Balaban J connectivity index is 1.56. The number of carbonyl (C=O) groups excluding carboxylic acids is 3. The molecule has 1 atom stereocenters. The summed E-state index contributed by atoms with van der Waals surface area (Å²) >= 11 is 0. The summed E-state index contributed by atoms with van der Waals surface area (Å²) in [6.45, 7) is 0.939. The van der Waals surface area contributed by atoms with Crippen LogP contribution in [0.2, 0.25) is 0 Å². The SMILES string of the molecule is COC(=O)C1CC(=O)N(OC)C12CCN(C(=O)C1(c3ccc(OC)cc3)CCCC1)CC2. The van der Waals surface area contributed by atoms with Gasteiger partial charge in [0.15, 0.2) is 0 Å². The molecule has 2 amide bonds. The van der Waals surface area contributed by atoms with Gasteiger partial charge in [-0.1, -0.05) is 25.0 Å². The average Bonchev–Trinajstić information content (AvgIpc) is 3.42. The molecule has 2 heterocycles. The van der Waals surface area contributed by atoms with Crippen LogP contribution in [0.15, 0.2) is 24.3 Å². The van der Waals surface area contributed by atoms with E-state index >= 15 is 0 Å². The average molecular weight is 445 g/mol. The molecule has 1 aromatic carbocycles. The fraction of sp³-hybridized carbons (Fsp3) is 0.625. The van der Waals surface area contributed by atoms with Crippen LogP contribution in [0.3, 0.4) is 0 Å². The van der Waals surface area contributed by atoms with Gasteiger partial charge in [0.2, 0.25) is 11.8 Å². The van der Waals surface area contributed by atoms with Crippen LogP contribution in [0.4, 0.5) is 0 Å². The number of amides is 2. The van der Waals surface area contributed by atoms with E-state index in [2.05, 4.69) is 0 Å². The van der Waals surface area contributed by atoms with Crippen LogP contribution >= 0.6 is 0 Å². The summed E-state index contributed by atoms with van der Waals surface area (Å²) in [6.07, 6.45) is 4.73. The number of carbonyl (C=O) groups is 3. The van der Waals surface area contributed by atoms with Crippen molar-refractivity contribution in [3.8, 4) is 5.75 Å². The Labute approximate surface area is 188 Å². The molecule has 8 heteroatoms. The highest BCUT2D eigenvalue weighted by Crippen LogP contribution is 2.47. The van der Waals surface area contributed by atoms with Crippen molar-refractivity contribution in [1.82, 2.24) is 9.96 Å². The Morgan fingerprint density at radius 3 is 2.12 bits per heavy atom. The maximum atomic E-state index is 13.9. The van der Waals surface area contributed by atoms with E-state index in [1.54, 1.807) is 7.11 Å². The number of likely N-dealkylation sites (tertiary alicyclic amines) is 1. The fourth-order valence-corrected chi connectivity index (χ4v) is 6.03. The van der Waals surface area contributed by atoms with E-state index < -0.39 is 22.8 Å². The number of methoxy groups -OCH3 is 2. The van der Waals surface area contributed by atoms with Crippen molar-refractivity contribution >= 4 is 17.8 Å². The second-order valence-corrected chi connectivity index (χ2v) is 9.06. The first-order chi connectivity index (χ1) is 15.4. The van der Waals surface area contributed by atoms with E-state index in [9.17, 15) is 14.4 Å². The summed E-state index contributed by atoms with van der Waals surface area (Å²) in [5, 5.41) is 1.35. The van der Waals surface area contributed by atoms with E-state index in [4.69, 9.17) is 14.3 Å². The highest BCUT2D eigenvalue weighted by Gasteiger charge is 2.59. The number of hydrogen-bond donors (Lipinski definition) is 0. The first-order valence-corrected chi connectivity index (χ1v) is 11.3. The number of nitrogens with zero attached hydrogens (tertiary/aromatic N) is 2. The molecule has 1 spiro atoms. The van der Waals surface area contributed by atoms with E-state index in [0.29, 0.717) is 25.9 Å². The fourth-order valence-electron chi connectivity index (χ4n) is 6.03. The highest BCUT2D eigenvalue weighted by atomic mass is 16.7. The maximum absolute atomic E-state index is 13.9. The quantitative estimate of drug-likeness (QED) is 0.649. The monoisotopic (exact) mass is 444 g/mol. The third-order valence-corrected chi connectivity index (χ3v) is 7.75. The van der Waals surface area contributed by atoms with Gasteiger partial charge in [-0.2, -0.15) is 0 Å². The molecule has 0 radical (unpaired) electrons. The summed E-state index contributed by atoms with van der Waals surface area (Å²) in [5.41, 5.74) is -0.257. The lowest BCUT2D eigenvalue weighted by molar-refractivity contribution is -0.210. The lowest BCUT2D eigenvalue weighted by Crippen LogP contribution is -2.59. The Bertz CT molecular complexity index is 867. The topological polar surface area (TPSA) is 85.4 Å². The minimum absolute atomic E-state index is 0.0737. The van der Waals surface area contributed by atoms with Crippen LogP contribution in [0.25, 0.3) is 0 Å². The summed E-state index contributed by atoms with van der Waals surface area (Å²) in [4.78, 5) is 46.2. The van der Waals surface area contributed by atoms with Gasteiger partial charge in [0.1, 0.15) is 5.75 Å². The molecular weight excluding hydrogens is 412 g/mol. The summed E-state index contributed by atoms with van der Waals surface area (Å²) in [7, 11) is 4.43. The van der Waals surface area contributed by atoms with Crippen LogP contribution in [-0.4, -0.2) is 67.7 Å². The summed E-state index contributed by atoms with van der Waals surface area (Å²) < 4.78 is 10.3. The van der Waals surface area contributed by atoms with Crippen LogP contribution in [0.1, 0.15) is 50.5 Å². The number of rotatable bonds is 5. The van der Waals surface area contributed by atoms with Crippen molar-refractivity contribution in [3.63, 3.8) is 0 Å². The van der Waals surface area contributed by atoms with Crippen LogP contribution in [-0.2, 0) is 29.4 Å². The number of piperidine rings is 1. The van der Waals surface area contributed by atoms with Crippen molar-refractivity contribution in [1.29, 1.82) is 0 Å². The second-order valence-electron chi connectivity index (χ2n) is 9.06. The minimum Gasteiger partial charge on any atom is -0.497 e. The van der Waals surface area contributed by atoms with E-state index in [0.717, 1.165) is 37.0 Å². The van der Waals surface area contributed by atoms with Gasteiger partial charge in [0.05, 0.1) is 38.2 Å². The first kappa shape index (κ1) is 22.6. The van der Waals surface area contributed by atoms with Crippen molar-refractivity contribution < 1.29 is 28.7 Å². The molecule has 0 N–H and O–H groups in total. The lowest BCUT2D eigenvalue weighted by atomic mass is 9.74. The van der Waals surface area contributed by atoms with E-state index in [1.807, 2.05) is 29.2 Å². The molecule has 0 bridgehead atoms. The molecule has 1 aromatic rings. The molecule has 1 aliphatic carbocycles. The van der Waals surface area contributed by atoms with Gasteiger partial charge in [-0.15, -0.1) is 0 Å². The predicted octanol–water partition coefficient (Wildman–Crippen LogP) is 2.45. The van der Waals surface area contributed by atoms with Gasteiger partial charge in [-0.3, -0.25) is 19.2 Å². The number of benzene rings is 1. The molecule has 0 aromatic heterocycles. The molecule has 2 aliphatic heterocycles. The van der Waals surface area contributed by atoms with E-state index in [-0.39, 0.29) is 18.2 Å². The van der Waals surface area contributed by atoms with Crippen LogP contribution in [0.5, 0.6) is 5.75 Å². The van der Waals surface area contributed by atoms with Gasteiger partial charge >= 0.3 is 5.97 Å². The highest BCUT2D eigenvalue weighted by molar-refractivity contribution is 5.90. The van der Waals surface area contributed by atoms with Crippen LogP contribution in [0, 0.1) is 5.92 Å². The normalized spacial score (nSPS) is 24.1. The molecule has 3 fully saturated rings. The van der Waals surface area contributed by atoms with E-state index in [1.165, 1.54) is 19.3 Å². The maximum Gasteiger partial charge on any atom is 0.311 e. The Morgan fingerprint density at radius 2 is 1.59 bits per heavy atom. The standard InChI is InChI=1S/C24H32N2O6/c1-30-18-8-6-17(7-9-18)23(10-4-5-11-23)22(29)25-14-12-24(13-15-25)19(21(28)31-2)16-20(27)26(24)32-3/h6-9,19H,4-5,10-16H2,1-3H3. The zero-order chi connectivity index (χ0) is 22.9. The van der Waals surface area contributed by atoms with Crippen molar-refractivity contribution in [3.05, 3.63) is 29.8 Å². The molecular formula is C24H32N2O6. The van der Waals surface area contributed by atoms with Gasteiger partial charge in [0.25, 0.3) is 0 Å². The Kier molecular flexibility index (Phi) is 6.16. The largest absolute Gasteiger partial charge is 0.497 e. The lowest BCUT2D eigenvalue weighted by Gasteiger charge is -2.47. The molecule has 8 nitrogen and oxygen atoms in total. The molecule has 32 heavy (non-hydrogen) atoms. The predicted molar refractivity (Wildman–Crippen MR) is 116 cm³/mol. The zero-order valence-electron chi connectivity index (χ0n) is 19.1. The zero-order valence-corrected chi connectivity index (χ0v) is 19.1.